The molecule has 0 aliphatic carbocycles. The van der Waals surface area contributed by atoms with E-state index in [9.17, 15) is 0 Å². The summed E-state index contributed by atoms with van der Waals surface area (Å²) in [5, 5.41) is 7.56. The first kappa shape index (κ1) is 7.80. The molecule has 1 saturated heterocycles. The molecule has 2 rings (SSSR count). The summed E-state index contributed by atoms with van der Waals surface area (Å²) in [6.45, 7) is 5.54. The Kier molecular flexibility index (Phi) is 2.13. The normalized spacial score (nSPS) is 17.8. The summed E-state index contributed by atoms with van der Waals surface area (Å²) in [7, 11) is 0. The fourth-order valence-corrected chi connectivity index (χ4v) is 1.43. The summed E-state index contributed by atoms with van der Waals surface area (Å²) in [4.78, 5) is 0. The minimum atomic E-state index is 0.801. The summed E-state index contributed by atoms with van der Waals surface area (Å²) in [6.07, 6.45) is 5.20. The molecule has 0 saturated carbocycles. The first-order valence-electron chi connectivity index (χ1n) is 4.60. The second-order valence-electron chi connectivity index (χ2n) is 3.45. The standard InChI is InChI=1S/C9H15N3/c1-2-8-5-11-12(6-8)7-9-3-10-4-9/h5-6,9-10H,2-4,7H2,1H3. The van der Waals surface area contributed by atoms with Crippen LogP contribution >= 0.6 is 0 Å². The van der Waals surface area contributed by atoms with Crippen LogP contribution in [0.1, 0.15) is 12.5 Å². The highest BCUT2D eigenvalue weighted by Gasteiger charge is 2.16. The van der Waals surface area contributed by atoms with Gasteiger partial charge >= 0.3 is 0 Å². The number of aryl methyl sites for hydroxylation is 1. The molecule has 1 aromatic rings. The minimum Gasteiger partial charge on any atom is -0.316 e. The van der Waals surface area contributed by atoms with Crippen LogP contribution < -0.4 is 5.32 Å². The molecule has 0 unspecified atom stereocenters. The molecule has 66 valence electrons. The molecular formula is C9H15N3. The Hall–Kier alpha value is -0.830. The summed E-state index contributed by atoms with van der Waals surface area (Å²) < 4.78 is 2.06. The maximum atomic E-state index is 4.30. The third-order valence-corrected chi connectivity index (χ3v) is 2.41. The quantitative estimate of drug-likeness (QED) is 0.713. The number of nitrogens with zero attached hydrogens (tertiary/aromatic N) is 2. The molecule has 1 aliphatic rings. The van der Waals surface area contributed by atoms with Crippen LogP contribution in [0.15, 0.2) is 12.4 Å². The highest BCUT2D eigenvalue weighted by molar-refractivity contribution is 5.03. The molecule has 3 heteroatoms. The second-order valence-corrected chi connectivity index (χ2v) is 3.45. The van der Waals surface area contributed by atoms with E-state index in [1.165, 1.54) is 5.56 Å². The van der Waals surface area contributed by atoms with E-state index >= 15 is 0 Å². The Labute approximate surface area is 72.8 Å². The highest BCUT2D eigenvalue weighted by Crippen LogP contribution is 2.07. The number of aromatic nitrogens is 2. The van der Waals surface area contributed by atoms with Crippen LogP contribution in [0, 0.1) is 5.92 Å². The van der Waals surface area contributed by atoms with Crippen molar-refractivity contribution in [3.8, 4) is 0 Å². The fraction of sp³-hybridized carbons (Fsp3) is 0.667. The van der Waals surface area contributed by atoms with Crippen LogP contribution in [0.3, 0.4) is 0 Å². The predicted octanol–water partition coefficient (Wildman–Crippen LogP) is 0.665. The van der Waals surface area contributed by atoms with Crippen molar-refractivity contribution >= 4 is 0 Å². The van der Waals surface area contributed by atoms with Gasteiger partial charge in [0.25, 0.3) is 0 Å². The van der Waals surface area contributed by atoms with E-state index in [4.69, 9.17) is 0 Å². The lowest BCUT2D eigenvalue weighted by Crippen LogP contribution is -2.44. The first-order chi connectivity index (χ1) is 5.88. The van der Waals surface area contributed by atoms with Crippen LogP contribution in [0.5, 0.6) is 0 Å². The molecule has 2 heterocycles. The molecule has 0 amide bonds. The smallest absolute Gasteiger partial charge is 0.0521 e. The molecule has 0 radical (unpaired) electrons. The van der Waals surface area contributed by atoms with E-state index in [-0.39, 0.29) is 0 Å². The fourth-order valence-electron chi connectivity index (χ4n) is 1.43. The van der Waals surface area contributed by atoms with Gasteiger partial charge in [-0.2, -0.15) is 5.10 Å². The van der Waals surface area contributed by atoms with Crippen molar-refractivity contribution in [1.82, 2.24) is 15.1 Å². The molecule has 1 fully saturated rings. The number of hydrogen-bond acceptors (Lipinski definition) is 2. The van der Waals surface area contributed by atoms with E-state index in [1.54, 1.807) is 0 Å². The van der Waals surface area contributed by atoms with Crippen molar-refractivity contribution in [3.63, 3.8) is 0 Å². The molecule has 0 atom stereocenters. The van der Waals surface area contributed by atoms with Crippen molar-refractivity contribution in [2.75, 3.05) is 13.1 Å². The maximum Gasteiger partial charge on any atom is 0.0521 e. The van der Waals surface area contributed by atoms with Gasteiger partial charge in [0, 0.05) is 31.7 Å². The molecule has 1 aliphatic heterocycles. The van der Waals surface area contributed by atoms with Crippen LogP contribution in [-0.4, -0.2) is 22.9 Å². The highest BCUT2D eigenvalue weighted by atomic mass is 15.3. The Morgan fingerprint density at radius 3 is 3.00 bits per heavy atom. The molecular weight excluding hydrogens is 150 g/mol. The summed E-state index contributed by atoms with van der Waals surface area (Å²) >= 11 is 0. The SMILES string of the molecule is CCc1cnn(CC2CNC2)c1. The van der Waals surface area contributed by atoms with Gasteiger partial charge in [-0.05, 0) is 12.0 Å². The first-order valence-corrected chi connectivity index (χ1v) is 4.60. The van der Waals surface area contributed by atoms with Crippen molar-refractivity contribution in [3.05, 3.63) is 18.0 Å². The molecule has 0 bridgehead atoms. The van der Waals surface area contributed by atoms with Gasteiger partial charge in [-0.3, -0.25) is 4.68 Å². The monoisotopic (exact) mass is 165 g/mol. The van der Waals surface area contributed by atoms with Gasteiger partial charge in [-0.15, -0.1) is 0 Å². The largest absolute Gasteiger partial charge is 0.316 e. The molecule has 3 nitrogen and oxygen atoms in total. The third-order valence-electron chi connectivity index (χ3n) is 2.41. The lowest BCUT2D eigenvalue weighted by Gasteiger charge is -2.26. The number of hydrogen-bond donors (Lipinski definition) is 1. The number of rotatable bonds is 3. The van der Waals surface area contributed by atoms with Gasteiger partial charge in [-0.25, -0.2) is 0 Å². The molecule has 12 heavy (non-hydrogen) atoms. The number of nitrogens with one attached hydrogen (secondary N) is 1. The Balaban J connectivity index is 1.93. The van der Waals surface area contributed by atoms with E-state index in [0.717, 1.165) is 32.0 Å². The molecule has 1 aromatic heterocycles. The van der Waals surface area contributed by atoms with Gasteiger partial charge in [0.15, 0.2) is 0 Å². The minimum absolute atomic E-state index is 0.801. The topological polar surface area (TPSA) is 29.9 Å². The van der Waals surface area contributed by atoms with Crippen LogP contribution in [0.2, 0.25) is 0 Å². The molecule has 1 N–H and O–H groups in total. The van der Waals surface area contributed by atoms with Crippen LogP contribution in [0.4, 0.5) is 0 Å². The maximum absolute atomic E-state index is 4.30. The molecule has 0 spiro atoms. The van der Waals surface area contributed by atoms with Crippen molar-refractivity contribution in [1.29, 1.82) is 0 Å². The van der Waals surface area contributed by atoms with E-state index in [2.05, 4.69) is 28.2 Å². The average Bonchev–Trinajstić information content (AvgIpc) is 2.44. The zero-order chi connectivity index (χ0) is 8.39. The van der Waals surface area contributed by atoms with Gasteiger partial charge in [-0.1, -0.05) is 6.92 Å². The third kappa shape index (κ3) is 1.50. The van der Waals surface area contributed by atoms with Crippen LogP contribution in [-0.2, 0) is 13.0 Å². The Bertz CT molecular complexity index is 250. The zero-order valence-corrected chi connectivity index (χ0v) is 7.45. The summed E-state index contributed by atoms with van der Waals surface area (Å²) in [5.41, 5.74) is 1.34. The van der Waals surface area contributed by atoms with E-state index in [1.807, 2.05) is 6.20 Å². The lowest BCUT2D eigenvalue weighted by molar-refractivity contribution is 0.295. The molecule has 0 aromatic carbocycles. The van der Waals surface area contributed by atoms with E-state index in [0.29, 0.717) is 0 Å². The van der Waals surface area contributed by atoms with Gasteiger partial charge < -0.3 is 5.32 Å². The Morgan fingerprint density at radius 2 is 2.50 bits per heavy atom. The Morgan fingerprint density at radius 1 is 1.67 bits per heavy atom. The van der Waals surface area contributed by atoms with Crippen molar-refractivity contribution < 1.29 is 0 Å². The average molecular weight is 165 g/mol. The summed E-state index contributed by atoms with van der Waals surface area (Å²) in [5.74, 6) is 0.801. The van der Waals surface area contributed by atoms with E-state index < -0.39 is 0 Å². The second kappa shape index (κ2) is 3.27. The van der Waals surface area contributed by atoms with Gasteiger partial charge in [0.2, 0.25) is 0 Å². The predicted molar refractivity (Wildman–Crippen MR) is 48.0 cm³/mol. The van der Waals surface area contributed by atoms with Gasteiger partial charge in [0.05, 0.1) is 6.20 Å². The lowest BCUT2D eigenvalue weighted by atomic mass is 10.0. The van der Waals surface area contributed by atoms with Crippen molar-refractivity contribution in [2.45, 2.75) is 19.9 Å². The summed E-state index contributed by atoms with van der Waals surface area (Å²) in [6, 6.07) is 0. The van der Waals surface area contributed by atoms with Crippen molar-refractivity contribution in [2.24, 2.45) is 5.92 Å². The van der Waals surface area contributed by atoms with Crippen LogP contribution in [0.25, 0.3) is 0 Å². The van der Waals surface area contributed by atoms with Gasteiger partial charge in [0.1, 0.15) is 0 Å². The zero-order valence-electron chi connectivity index (χ0n) is 7.45.